The van der Waals surface area contributed by atoms with Gasteiger partial charge in [0.25, 0.3) is 0 Å². The molecule has 304 valence electrons. The normalized spacial score (nSPS) is 29.5. The largest absolute Gasteiger partial charge is 0.457 e. The van der Waals surface area contributed by atoms with Gasteiger partial charge in [0.1, 0.15) is 23.9 Å². The molecular formula is C44H63NO10. The topological polar surface area (TPSA) is 159 Å². The zero-order chi connectivity index (χ0) is 40.5. The Morgan fingerprint density at radius 2 is 1.85 bits per heavy atom. The number of benzene rings is 2. The van der Waals surface area contributed by atoms with Crippen molar-refractivity contribution >= 4 is 22.7 Å². The summed E-state index contributed by atoms with van der Waals surface area (Å²) in [4.78, 5) is 27.0. The summed E-state index contributed by atoms with van der Waals surface area (Å²) >= 11 is 0. The third-order valence-corrected chi connectivity index (χ3v) is 11.1. The average molecular weight is 766 g/mol. The Bertz CT molecular complexity index is 1660. The number of hydrogen-bond acceptors (Lipinski definition) is 11. The summed E-state index contributed by atoms with van der Waals surface area (Å²) in [6, 6.07) is 13.9. The lowest BCUT2D eigenvalue weighted by atomic mass is 9.85. The van der Waals surface area contributed by atoms with Gasteiger partial charge in [0, 0.05) is 39.0 Å². The Kier molecular flexibility index (Phi) is 15.8. The third-order valence-electron chi connectivity index (χ3n) is 11.1. The number of nitrogens with zero attached hydrogens (tertiary/aromatic N) is 1. The molecule has 4 N–H and O–H groups in total. The summed E-state index contributed by atoms with van der Waals surface area (Å²) in [6.45, 7) is 13.0. The van der Waals surface area contributed by atoms with E-state index >= 15 is 0 Å². The predicted molar refractivity (Wildman–Crippen MR) is 212 cm³/mol. The van der Waals surface area contributed by atoms with Crippen molar-refractivity contribution in [1.29, 1.82) is 0 Å². The van der Waals surface area contributed by atoms with E-state index in [2.05, 4.69) is 49.1 Å². The molecule has 11 nitrogen and oxygen atoms in total. The number of allylic oxidation sites excluding steroid dienone is 2. The Balaban J connectivity index is 1.66. The molecule has 0 aromatic heterocycles. The fraction of sp³-hybridized carbons (Fsp3) is 0.591. The number of aliphatic hydroxyl groups is 4. The van der Waals surface area contributed by atoms with Crippen LogP contribution >= 0.6 is 0 Å². The molecule has 55 heavy (non-hydrogen) atoms. The highest BCUT2D eigenvalue weighted by Crippen LogP contribution is 2.41. The number of cyclic esters (lactones) is 1. The first-order valence-corrected chi connectivity index (χ1v) is 19.6. The molecular weight excluding hydrogens is 702 g/mol. The molecule has 0 radical (unpaired) electrons. The van der Waals surface area contributed by atoms with Crippen LogP contribution in [0.15, 0.2) is 78.4 Å². The molecule has 0 bridgehead atoms. The molecule has 2 aliphatic rings. The Labute approximate surface area is 326 Å². The molecule has 2 heterocycles. The summed E-state index contributed by atoms with van der Waals surface area (Å²) in [5.41, 5.74) is -1.22. The van der Waals surface area contributed by atoms with Gasteiger partial charge in [0.15, 0.2) is 0 Å². The monoisotopic (exact) mass is 765 g/mol. The van der Waals surface area contributed by atoms with Crippen LogP contribution in [0.3, 0.4) is 0 Å². The quantitative estimate of drug-likeness (QED) is 0.0795. The van der Waals surface area contributed by atoms with Gasteiger partial charge in [-0.3, -0.25) is 14.5 Å². The predicted octanol–water partition coefficient (Wildman–Crippen LogP) is 5.42. The zero-order valence-corrected chi connectivity index (χ0v) is 33.8. The van der Waals surface area contributed by atoms with Crippen LogP contribution in [0.2, 0.25) is 0 Å². The Hall–Kier alpha value is -3.42. The molecule has 3 unspecified atom stereocenters. The molecule has 1 saturated heterocycles. The molecule has 11 atom stereocenters. The fourth-order valence-corrected chi connectivity index (χ4v) is 7.92. The number of esters is 2. The number of hydrogen-bond donors (Lipinski definition) is 4. The zero-order valence-electron chi connectivity index (χ0n) is 33.8. The van der Waals surface area contributed by atoms with Gasteiger partial charge < -0.3 is 39.4 Å². The molecule has 2 aliphatic heterocycles. The van der Waals surface area contributed by atoms with Gasteiger partial charge in [-0.05, 0) is 74.1 Å². The fourth-order valence-electron chi connectivity index (χ4n) is 7.92. The van der Waals surface area contributed by atoms with Crippen molar-refractivity contribution in [2.45, 2.75) is 135 Å². The number of rotatable bonds is 15. The molecule has 11 heteroatoms. The molecule has 0 amide bonds. The van der Waals surface area contributed by atoms with Crippen LogP contribution in [0.1, 0.15) is 79.7 Å². The van der Waals surface area contributed by atoms with Crippen LogP contribution in [0.4, 0.5) is 0 Å². The van der Waals surface area contributed by atoms with Crippen LogP contribution in [-0.2, 0) is 35.1 Å². The second-order valence-corrected chi connectivity index (χ2v) is 15.9. The Morgan fingerprint density at radius 1 is 1.15 bits per heavy atom. The van der Waals surface area contributed by atoms with E-state index in [1.165, 1.54) is 13.8 Å². The number of epoxide rings is 1. The maximum Gasteiger partial charge on any atom is 0.309 e. The summed E-state index contributed by atoms with van der Waals surface area (Å²) in [7, 11) is 1.70. The molecule has 2 aromatic rings. The molecule has 0 aliphatic carbocycles. The van der Waals surface area contributed by atoms with Gasteiger partial charge >= 0.3 is 11.9 Å². The van der Waals surface area contributed by atoms with Gasteiger partial charge in [-0.1, -0.05) is 81.5 Å². The smallest absolute Gasteiger partial charge is 0.309 e. The number of methoxy groups -OCH3 is 1. The van der Waals surface area contributed by atoms with Crippen LogP contribution < -0.4 is 0 Å². The van der Waals surface area contributed by atoms with E-state index in [9.17, 15) is 30.0 Å². The van der Waals surface area contributed by atoms with Gasteiger partial charge in [-0.25, -0.2) is 0 Å². The number of carbonyl (C=O) groups is 2. The average Bonchev–Trinajstić information content (AvgIpc) is 3.91. The lowest BCUT2D eigenvalue weighted by Gasteiger charge is -2.39. The molecule has 2 aromatic carbocycles. The highest BCUT2D eigenvalue weighted by molar-refractivity contribution is 5.83. The number of fused-ring (bicyclic) bond motifs is 1. The van der Waals surface area contributed by atoms with Crippen LogP contribution in [0.5, 0.6) is 0 Å². The van der Waals surface area contributed by atoms with Gasteiger partial charge in [0.05, 0.1) is 43.0 Å². The molecule has 1 fully saturated rings. The van der Waals surface area contributed by atoms with E-state index in [1.54, 1.807) is 44.4 Å². The second kappa shape index (κ2) is 19.6. The second-order valence-electron chi connectivity index (χ2n) is 15.9. The summed E-state index contributed by atoms with van der Waals surface area (Å²) in [6.07, 6.45) is 6.00. The van der Waals surface area contributed by atoms with E-state index in [0.717, 1.165) is 22.8 Å². The minimum Gasteiger partial charge on any atom is -0.457 e. The van der Waals surface area contributed by atoms with Crippen LogP contribution in [0.25, 0.3) is 10.8 Å². The number of carbonyl (C=O) groups excluding carboxylic acids is 2. The molecule has 0 saturated carbocycles. The Morgan fingerprint density at radius 3 is 2.51 bits per heavy atom. The first kappa shape index (κ1) is 44.3. The number of aliphatic hydroxyl groups excluding tert-OH is 2. The van der Waals surface area contributed by atoms with Crippen molar-refractivity contribution in [2.75, 3.05) is 20.3 Å². The minimum absolute atomic E-state index is 0.0188. The van der Waals surface area contributed by atoms with Crippen molar-refractivity contribution in [3.63, 3.8) is 0 Å². The van der Waals surface area contributed by atoms with Crippen LogP contribution in [-0.4, -0.2) is 111 Å². The van der Waals surface area contributed by atoms with Crippen molar-refractivity contribution in [1.82, 2.24) is 4.90 Å². The molecule has 0 spiro atoms. The van der Waals surface area contributed by atoms with E-state index in [1.807, 2.05) is 26.0 Å². The summed E-state index contributed by atoms with van der Waals surface area (Å²) < 4.78 is 23.5. The standard InChI is InChI=1S/C44H63NO10/c1-9-36(52-8)30(4)40-41(55-40)42(45(23-24-46)27-32-17-18-33-14-10-11-15-34(33)25-32)44(7,51)21-12-13-28(2)39-29(3)16-19-37(53-31(5)47)43(6,50)22-20-35(48)26-38(49)54-39/h10-19,21,25,29-30,35-37,39-42,46,48,50-51H,9,20,22-24,26-27H2,1-8H3/t29-,30+,35+,36-,37-,39+,40+,41-,42?,43?,44?/m0/s1. The van der Waals surface area contributed by atoms with Crippen molar-refractivity contribution in [3.05, 3.63) is 84.0 Å². The number of ether oxygens (including phenoxy) is 4. The highest BCUT2D eigenvalue weighted by atomic mass is 16.6. The summed E-state index contributed by atoms with van der Waals surface area (Å²) in [5.74, 6) is -1.49. The minimum atomic E-state index is -1.47. The van der Waals surface area contributed by atoms with Gasteiger partial charge in [-0.2, -0.15) is 0 Å². The lowest BCUT2D eigenvalue weighted by molar-refractivity contribution is -0.157. The van der Waals surface area contributed by atoms with Crippen molar-refractivity contribution < 1.29 is 49.0 Å². The van der Waals surface area contributed by atoms with E-state index < -0.39 is 53.4 Å². The van der Waals surface area contributed by atoms with Gasteiger partial charge in [-0.15, -0.1) is 0 Å². The van der Waals surface area contributed by atoms with E-state index in [-0.39, 0.29) is 50.1 Å². The molecule has 4 rings (SSSR count). The maximum absolute atomic E-state index is 13.0. The van der Waals surface area contributed by atoms with Crippen molar-refractivity contribution in [3.8, 4) is 0 Å². The van der Waals surface area contributed by atoms with E-state index in [0.29, 0.717) is 18.7 Å². The SMILES string of the molecule is CC[C@H](OC)[C@@H](C)[C@H]1O[C@@H]1C(N(CCO)Cc1ccc2ccccc2c1)C(C)(O)C=CC=C(C)[C@H]1OC(=O)C[C@H](O)CCC(C)(O)[C@@H](OC(C)=O)C=C[C@@H]1C. The van der Waals surface area contributed by atoms with Crippen LogP contribution in [0, 0.1) is 11.8 Å². The van der Waals surface area contributed by atoms with E-state index in [4.69, 9.17) is 18.9 Å². The highest BCUT2D eigenvalue weighted by Gasteiger charge is 2.56. The first-order valence-electron chi connectivity index (χ1n) is 19.6. The lowest BCUT2D eigenvalue weighted by Crippen LogP contribution is -2.54. The van der Waals surface area contributed by atoms with Crippen molar-refractivity contribution in [2.24, 2.45) is 11.8 Å². The summed E-state index contributed by atoms with van der Waals surface area (Å²) in [5, 5.41) is 46.6. The van der Waals surface area contributed by atoms with Gasteiger partial charge in [0.2, 0.25) is 0 Å². The third kappa shape index (κ3) is 12.0. The maximum atomic E-state index is 13.0. The first-order chi connectivity index (χ1) is 26.0.